The predicted octanol–water partition coefficient (Wildman–Crippen LogP) is 0.877. The average Bonchev–Trinajstić information content (AvgIpc) is 2.88. The molecule has 7 heteroatoms. The summed E-state index contributed by atoms with van der Waals surface area (Å²) in [5, 5.41) is 21.1. The molecule has 0 aromatic carbocycles. The second kappa shape index (κ2) is 4.97. The molecular weight excluding hydrogens is 286 g/mol. The molecule has 2 rings (SSSR count). The van der Waals surface area contributed by atoms with Crippen LogP contribution in [0.4, 0.5) is 0 Å². The predicted molar refractivity (Wildman–Crippen MR) is 65.3 cm³/mol. The smallest absolute Gasteiger partial charge is 0.108 e. The van der Waals surface area contributed by atoms with Crippen molar-refractivity contribution in [1.82, 2.24) is 24.8 Å². The number of halogens is 1. The highest BCUT2D eigenvalue weighted by atomic mass is 79.9. The summed E-state index contributed by atoms with van der Waals surface area (Å²) in [5.74, 6) is 0. The largest absolute Gasteiger partial charge is 0.390 e. The number of rotatable bonds is 4. The second-order valence-corrected chi connectivity index (χ2v) is 4.54. The lowest BCUT2D eigenvalue weighted by atomic mass is 10.3. The Morgan fingerprint density at radius 3 is 2.76 bits per heavy atom. The Bertz CT molecular complexity index is 519. The minimum absolute atomic E-state index is 0.0905. The zero-order chi connectivity index (χ0) is 12.4. The summed E-state index contributed by atoms with van der Waals surface area (Å²) >= 11 is 3.55. The molecule has 0 saturated carbocycles. The fraction of sp³-hybridized carbons (Fsp3) is 0.500. The Hall–Kier alpha value is -1.21. The fourth-order valence-corrected chi connectivity index (χ4v) is 2.37. The molecule has 0 radical (unpaired) electrons. The molecule has 0 unspecified atom stereocenters. The minimum Gasteiger partial charge on any atom is -0.390 e. The number of aliphatic hydroxyl groups is 1. The molecular formula is C10H14BrN5O. The first-order valence-corrected chi connectivity index (χ1v) is 6.15. The highest BCUT2D eigenvalue weighted by Gasteiger charge is 2.13. The summed E-state index contributed by atoms with van der Waals surface area (Å²) in [6.07, 6.45) is 2.61. The third-order valence-electron chi connectivity index (χ3n) is 2.56. The first-order valence-electron chi connectivity index (χ1n) is 5.35. The zero-order valence-electron chi connectivity index (χ0n) is 9.76. The maximum atomic E-state index is 8.93. The van der Waals surface area contributed by atoms with Crippen LogP contribution in [0.5, 0.6) is 0 Å². The van der Waals surface area contributed by atoms with Crippen molar-refractivity contribution in [2.24, 2.45) is 7.05 Å². The van der Waals surface area contributed by atoms with Gasteiger partial charge in [-0.05, 0) is 22.4 Å². The molecule has 0 aliphatic rings. The van der Waals surface area contributed by atoms with Gasteiger partial charge < -0.3 is 5.11 Å². The molecule has 0 spiro atoms. The number of aliphatic hydroxyl groups excluding tert-OH is 1. The molecule has 0 bridgehead atoms. The third-order valence-corrected chi connectivity index (χ3v) is 3.48. The summed E-state index contributed by atoms with van der Waals surface area (Å²) in [4.78, 5) is 0. The summed E-state index contributed by atoms with van der Waals surface area (Å²) < 4.78 is 4.54. The van der Waals surface area contributed by atoms with Crippen LogP contribution in [0.25, 0.3) is 0 Å². The van der Waals surface area contributed by atoms with Crippen molar-refractivity contribution in [2.75, 3.05) is 0 Å². The van der Waals surface area contributed by atoms with Crippen LogP contribution in [-0.4, -0.2) is 29.9 Å². The summed E-state index contributed by atoms with van der Waals surface area (Å²) in [6, 6.07) is 0. The van der Waals surface area contributed by atoms with E-state index in [0.717, 1.165) is 22.3 Å². The lowest BCUT2D eigenvalue weighted by Crippen LogP contribution is -2.06. The van der Waals surface area contributed by atoms with Crippen molar-refractivity contribution in [3.05, 3.63) is 27.8 Å². The van der Waals surface area contributed by atoms with Gasteiger partial charge in [0.2, 0.25) is 0 Å². The van der Waals surface area contributed by atoms with Crippen LogP contribution in [0.3, 0.4) is 0 Å². The Morgan fingerprint density at radius 1 is 1.47 bits per heavy atom. The van der Waals surface area contributed by atoms with Crippen LogP contribution in [-0.2, 0) is 26.6 Å². The van der Waals surface area contributed by atoms with E-state index in [9.17, 15) is 0 Å². The second-order valence-electron chi connectivity index (χ2n) is 3.75. The lowest BCUT2D eigenvalue weighted by Gasteiger charge is -2.02. The van der Waals surface area contributed by atoms with Gasteiger partial charge in [0.25, 0.3) is 0 Å². The Kier molecular flexibility index (Phi) is 3.58. The van der Waals surface area contributed by atoms with Crippen LogP contribution in [0, 0.1) is 0 Å². The van der Waals surface area contributed by atoms with Gasteiger partial charge in [-0.3, -0.25) is 4.68 Å². The van der Waals surface area contributed by atoms with Crippen molar-refractivity contribution in [3.8, 4) is 0 Å². The number of hydrogen-bond donors (Lipinski definition) is 1. The van der Waals surface area contributed by atoms with E-state index in [1.165, 1.54) is 0 Å². The van der Waals surface area contributed by atoms with E-state index in [0.29, 0.717) is 12.2 Å². The number of hydrogen-bond acceptors (Lipinski definition) is 4. The molecule has 0 aliphatic carbocycles. The van der Waals surface area contributed by atoms with Crippen molar-refractivity contribution in [3.63, 3.8) is 0 Å². The summed E-state index contributed by atoms with van der Waals surface area (Å²) in [7, 11) is 1.91. The molecule has 0 amide bonds. The van der Waals surface area contributed by atoms with Gasteiger partial charge in [-0.1, -0.05) is 12.1 Å². The van der Waals surface area contributed by atoms with Gasteiger partial charge in [0, 0.05) is 7.05 Å². The van der Waals surface area contributed by atoms with E-state index in [1.54, 1.807) is 10.9 Å². The maximum Gasteiger partial charge on any atom is 0.108 e. The van der Waals surface area contributed by atoms with E-state index >= 15 is 0 Å². The fourth-order valence-electron chi connectivity index (χ4n) is 1.63. The van der Waals surface area contributed by atoms with E-state index in [4.69, 9.17) is 5.11 Å². The quantitative estimate of drug-likeness (QED) is 0.910. The molecule has 1 N–H and O–H groups in total. The first kappa shape index (κ1) is 12.3. The van der Waals surface area contributed by atoms with E-state index in [1.807, 2.05) is 11.7 Å². The molecule has 0 fully saturated rings. The van der Waals surface area contributed by atoms with Gasteiger partial charge in [0.15, 0.2) is 0 Å². The molecule has 2 aromatic rings. The van der Waals surface area contributed by atoms with E-state index < -0.39 is 0 Å². The monoisotopic (exact) mass is 299 g/mol. The Morgan fingerprint density at radius 2 is 2.24 bits per heavy atom. The third kappa shape index (κ3) is 2.39. The molecule has 0 atom stereocenters. The van der Waals surface area contributed by atoms with Crippen LogP contribution >= 0.6 is 15.9 Å². The minimum atomic E-state index is -0.0905. The van der Waals surface area contributed by atoms with Crippen molar-refractivity contribution in [1.29, 1.82) is 0 Å². The van der Waals surface area contributed by atoms with Gasteiger partial charge in [0.05, 0.1) is 35.2 Å². The van der Waals surface area contributed by atoms with Gasteiger partial charge in [-0.25, -0.2) is 4.68 Å². The Balaban J connectivity index is 2.26. The molecule has 17 heavy (non-hydrogen) atoms. The molecule has 0 aliphatic heterocycles. The van der Waals surface area contributed by atoms with Gasteiger partial charge in [-0.15, -0.1) is 5.10 Å². The van der Waals surface area contributed by atoms with E-state index in [-0.39, 0.29) is 6.61 Å². The van der Waals surface area contributed by atoms with Crippen LogP contribution in [0.2, 0.25) is 0 Å². The van der Waals surface area contributed by atoms with Crippen LogP contribution in [0.1, 0.15) is 24.0 Å². The highest BCUT2D eigenvalue weighted by molar-refractivity contribution is 9.10. The molecule has 92 valence electrons. The molecule has 0 saturated heterocycles. The summed E-state index contributed by atoms with van der Waals surface area (Å²) in [6.45, 7) is 2.56. The standard InChI is InChI=1S/C10H14BrN5O/c1-3-8-10(11)9(15(2)13-8)5-16-4-7(6-17)12-14-16/h4,17H,3,5-6H2,1-2H3. The molecule has 2 heterocycles. The number of aromatic nitrogens is 5. The first-order chi connectivity index (χ1) is 8.15. The Labute approximate surface area is 107 Å². The van der Waals surface area contributed by atoms with Gasteiger partial charge in [0.1, 0.15) is 5.69 Å². The number of nitrogens with zero attached hydrogens (tertiary/aromatic N) is 5. The SMILES string of the molecule is CCc1nn(C)c(Cn2cc(CO)nn2)c1Br. The van der Waals surface area contributed by atoms with Crippen molar-refractivity contribution >= 4 is 15.9 Å². The zero-order valence-corrected chi connectivity index (χ0v) is 11.3. The average molecular weight is 300 g/mol. The topological polar surface area (TPSA) is 68.8 Å². The lowest BCUT2D eigenvalue weighted by molar-refractivity contribution is 0.276. The normalized spacial score (nSPS) is 11.1. The van der Waals surface area contributed by atoms with Crippen LogP contribution < -0.4 is 0 Å². The van der Waals surface area contributed by atoms with E-state index in [2.05, 4.69) is 38.3 Å². The van der Waals surface area contributed by atoms with Crippen LogP contribution in [0.15, 0.2) is 10.7 Å². The van der Waals surface area contributed by atoms with Gasteiger partial charge >= 0.3 is 0 Å². The van der Waals surface area contributed by atoms with Crippen molar-refractivity contribution in [2.45, 2.75) is 26.5 Å². The highest BCUT2D eigenvalue weighted by Crippen LogP contribution is 2.22. The number of aryl methyl sites for hydroxylation is 2. The van der Waals surface area contributed by atoms with Gasteiger partial charge in [-0.2, -0.15) is 5.10 Å². The summed E-state index contributed by atoms with van der Waals surface area (Å²) in [5.41, 5.74) is 2.64. The maximum absolute atomic E-state index is 8.93. The molecule has 6 nitrogen and oxygen atoms in total. The molecule has 2 aromatic heterocycles. The van der Waals surface area contributed by atoms with Crippen molar-refractivity contribution < 1.29 is 5.11 Å².